The van der Waals surface area contributed by atoms with Crippen LogP contribution >= 0.6 is 0 Å². The zero-order valence-electron chi connectivity index (χ0n) is 14.1. The van der Waals surface area contributed by atoms with Crippen molar-refractivity contribution in [1.82, 2.24) is 20.2 Å². The predicted molar refractivity (Wildman–Crippen MR) is 86.0 cm³/mol. The summed E-state index contributed by atoms with van der Waals surface area (Å²) < 4.78 is 38.1. The highest BCUT2D eigenvalue weighted by molar-refractivity contribution is 5.83. The highest BCUT2D eigenvalue weighted by Gasteiger charge is 2.34. The van der Waals surface area contributed by atoms with Gasteiger partial charge in [-0.2, -0.15) is 13.2 Å². The van der Waals surface area contributed by atoms with Gasteiger partial charge in [0.25, 0.3) is 0 Å². The monoisotopic (exact) mass is 371 g/mol. The minimum atomic E-state index is -4.51. The van der Waals surface area contributed by atoms with Gasteiger partial charge < -0.3 is 15.5 Å². The van der Waals surface area contributed by atoms with Gasteiger partial charge in [-0.25, -0.2) is 9.97 Å². The van der Waals surface area contributed by atoms with Gasteiger partial charge in [0.1, 0.15) is 17.8 Å². The number of likely N-dealkylation sites (tertiary alicyclic amines) is 1. The molecule has 142 valence electrons. The van der Waals surface area contributed by atoms with Crippen molar-refractivity contribution in [1.29, 1.82) is 0 Å². The van der Waals surface area contributed by atoms with E-state index in [9.17, 15) is 22.8 Å². The van der Waals surface area contributed by atoms with E-state index < -0.39 is 11.9 Å². The Kier molecular flexibility index (Phi) is 5.28. The maximum absolute atomic E-state index is 12.7. The van der Waals surface area contributed by atoms with E-state index in [0.717, 1.165) is 12.4 Å². The summed E-state index contributed by atoms with van der Waals surface area (Å²) in [6.45, 7) is 1.42. The zero-order valence-corrected chi connectivity index (χ0v) is 14.1. The number of piperidine rings is 2. The quantitative estimate of drug-likeness (QED) is 0.839. The first-order chi connectivity index (χ1) is 12.3. The third-order valence-electron chi connectivity index (χ3n) is 4.73. The fourth-order valence-electron chi connectivity index (χ4n) is 3.25. The Morgan fingerprint density at radius 2 is 1.96 bits per heavy atom. The molecular formula is C16H20F3N5O2. The molecule has 1 aromatic heterocycles. The molecule has 10 heteroatoms. The van der Waals surface area contributed by atoms with Crippen LogP contribution in [0.3, 0.4) is 0 Å². The molecule has 0 bridgehead atoms. The van der Waals surface area contributed by atoms with E-state index in [1.165, 1.54) is 0 Å². The molecule has 1 unspecified atom stereocenters. The predicted octanol–water partition coefficient (Wildman–Crippen LogP) is 1.42. The maximum atomic E-state index is 12.7. The molecular weight excluding hydrogens is 351 g/mol. The van der Waals surface area contributed by atoms with E-state index in [1.54, 1.807) is 4.90 Å². The van der Waals surface area contributed by atoms with Crippen molar-refractivity contribution >= 4 is 17.6 Å². The van der Waals surface area contributed by atoms with Crippen LogP contribution in [0.1, 0.15) is 31.4 Å². The van der Waals surface area contributed by atoms with Gasteiger partial charge in [-0.1, -0.05) is 0 Å². The first kappa shape index (κ1) is 18.4. The SMILES string of the molecule is O=C1CCC(C(=O)N2CCC(Nc3cc(C(F)(F)F)ncn3)CC2)CN1. The largest absolute Gasteiger partial charge is 0.433 e. The van der Waals surface area contributed by atoms with Gasteiger partial charge in [0, 0.05) is 38.2 Å². The number of halogens is 3. The van der Waals surface area contributed by atoms with Gasteiger partial charge in [0.05, 0.1) is 5.92 Å². The molecule has 2 fully saturated rings. The number of amides is 2. The highest BCUT2D eigenvalue weighted by atomic mass is 19.4. The van der Waals surface area contributed by atoms with Crippen LogP contribution in [0.25, 0.3) is 0 Å². The Bertz CT molecular complexity index is 664. The standard InChI is InChI=1S/C16H20F3N5O2/c17-16(18,19)12-7-13(22-9-21-12)23-11-3-5-24(6-4-11)15(26)10-1-2-14(25)20-8-10/h7,9-11H,1-6,8H2,(H,20,25)(H,21,22,23). The van der Waals surface area contributed by atoms with Crippen LogP contribution in [0.2, 0.25) is 0 Å². The Hall–Kier alpha value is -2.39. The summed E-state index contributed by atoms with van der Waals surface area (Å²) in [6.07, 6.45) is -1.45. The Morgan fingerprint density at radius 1 is 1.23 bits per heavy atom. The van der Waals surface area contributed by atoms with Crippen LogP contribution in [0.4, 0.5) is 19.0 Å². The van der Waals surface area contributed by atoms with E-state index in [1.807, 2.05) is 0 Å². The molecule has 2 saturated heterocycles. The van der Waals surface area contributed by atoms with Crippen LogP contribution in [-0.4, -0.2) is 52.4 Å². The summed E-state index contributed by atoms with van der Waals surface area (Å²) in [7, 11) is 0. The Morgan fingerprint density at radius 3 is 2.58 bits per heavy atom. The van der Waals surface area contributed by atoms with E-state index in [-0.39, 0.29) is 29.6 Å². The van der Waals surface area contributed by atoms with Gasteiger partial charge in [-0.05, 0) is 19.3 Å². The minimum Gasteiger partial charge on any atom is -0.367 e. The second-order valence-electron chi connectivity index (χ2n) is 6.57. The van der Waals surface area contributed by atoms with Crippen LogP contribution in [-0.2, 0) is 15.8 Å². The second kappa shape index (κ2) is 7.46. The van der Waals surface area contributed by atoms with Gasteiger partial charge >= 0.3 is 6.18 Å². The number of rotatable bonds is 3. The van der Waals surface area contributed by atoms with Gasteiger partial charge in [0.2, 0.25) is 11.8 Å². The molecule has 0 aliphatic carbocycles. The molecule has 1 atom stereocenters. The smallest absolute Gasteiger partial charge is 0.367 e. The number of aromatic nitrogens is 2. The van der Waals surface area contributed by atoms with Gasteiger partial charge in [0.15, 0.2) is 0 Å². The minimum absolute atomic E-state index is 0.0277. The number of nitrogens with one attached hydrogen (secondary N) is 2. The molecule has 2 amide bonds. The summed E-state index contributed by atoms with van der Waals surface area (Å²) in [5, 5.41) is 5.70. The number of carbonyl (C=O) groups is 2. The van der Waals surface area contributed by atoms with Crippen molar-refractivity contribution in [2.45, 2.75) is 37.9 Å². The summed E-state index contributed by atoms with van der Waals surface area (Å²) in [5.41, 5.74) is -0.984. The first-order valence-electron chi connectivity index (χ1n) is 8.54. The van der Waals surface area contributed by atoms with Crippen molar-refractivity contribution in [2.75, 3.05) is 25.0 Å². The zero-order chi connectivity index (χ0) is 18.7. The third kappa shape index (κ3) is 4.41. The van der Waals surface area contributed by atoms with Crippen molar-refractivity contribution in [3.05, 3.63) is 18.1 Å². The van der Waals surface area contributed by atoms with Crippen molar-refractivity contribution in [3.8, 4) is 0 Å². The third-order valence-corrected chi connectivity index (χ3v) is 4.73. The lowest BCUT2D eigenvalue weighted by molar-refractivity contribution is -0.141. The van der Waals surface area contributed by atoms with Crippen LogP contribution in [0, 0.1) is 5.92 Å². The number of hydrogen-bond donors (Lipinski definition) is 2. The summed E-state index contributed by atoms with van der Waals surface area (Å²) in [5.74, 6) is -0.0506. The summed E-state index contributed by atoms with van der Waals surface area (Å²) in [6, 6.07) is 0.837. The lowest BCUT2D eigenvalue weighted by atomic mass is 9.96. The average Bonchev–Trinajstić information content (AvgIpc) is 2.62. The highest BCUT2D eigenvalue weighted by Crippen LogP contribution is 2.28. The van der Waals surface area contributed by atoms with Crippen molar-refractivity contribution in [2.24, 2.45) is 5.92 Å². The van der Waals surface area contributed by atoms with E-state index in [4.69, 9.17) is 0 Å². The Balaban J connectivity index is 1.51. The molecule has 3 heterocycles. The molecule has 0 aromatic carbocycles. The molecule has 0 saturated carbocycles. The summed E-state index contributed by atoms with van der Waals surface area (Å²) >= 11 is 0. The second-order valence-corrected chi connectivity index (χ2v) is 6.57. The molecule has 0 radical (unpaired) electrons. The molecule has 0 spiro atoms. The summed E-state index contributed by atoms with van der Waals surface area (Å²) in [4.78, 5) is 32.5. The number of hydrogen-bond acceptors (Lipinski definition) is 5. The first-order valence-corrected chi connectivity index (χ1v) is 8.54. The number of nitrogens with zero attached hydrogens (tertiary/aromatic N) is 3. The fraction of sp³-hybridized carbons (Fsp3) is 0.625. The lowest BCUT2D eigenvalue weighted by Crippen LogP contribution is -2.48. The topological polar surface area (TPSA) is 87.2 Å². The molecule has 7 nitrogen and oxygen atoms in total. The Labute approximate surface area is 148 Å². The fourth-order valence-corrected chi connectivity index (χ4v) is 3.25. The number of alkyl halides is 3. The average molecular weight is 371 g/mol. The lowest BCUT2D eigenvalue weighted by Gasteiger charge is -2.35. The maximum Gasteiger partial charge on any atom is 0.433 e. The number of anilines is 1. The van der Waals surface area contributed by atoms with E-state index >= 15 is 0 Å². The van der Waals surface area contributed by atoms with Gasteiger partial charge in [-0.3, -0.25) is 9.59 Å². The molecule has 26 heavy (non-hydrogen) atoms. The van der Waals surface area contributed by atoms with Crippen molar-refractivity contribution in [3.63, 3.8) is 0 Å². The molecule has 1 aromatic rings. The van der Waals surface area contributed by atoms with Crippen LogP contribution in [0.15, 0.2) is 12.4 Å². The molecule has 2 N–H and O–H groups in total. The van der Waals surface area contributed by atoms with Crippen molar-refractivity contribution < 1.29 is 22.8 Å². The molecule has 3 rings (SSSR count). The van der Waals surface area contributed by atoms with E-state index in [0.29, 0.717) is 45.3 Å². The molecule has 2 aliphatic heterocycles. The van der Waals surface area contributed by atoms with Crippen LogP contribution < -0.4 is 10.6 Å². The normalized spacial score (nSPS) is 22.0. The van der Waals surface area contributed by atoms with Gasteiger partial charge in [-0.15, -0.1) is 0 Å². The molecule has 2 aliphatic rings. The van der Waals surface area contributed by atoms with E-state index in [2.05, 4.69) is 20.6 Å². The number of carbonyl (C=O) groups excluding carboxylic acids is 2. The van der Waals surface area contributed by atoms with Crippen LogP contribution in [0.5, 0.6) is 0 Å².